The number of aromatic nitrogens is 2. The van der Waals surface area contributed by atoms with Gasteiger partial charge in [-0.15, -0.1) is 5.16 Å². The molecule has 2 heterocycles. The largest absolute Gasteiger partial charge is 0.583 e. The Labute approximate surface area is 142 Å². The first-order valence-corrected chi connectivity index (χ1v) is 7.24. The van der Waals surface area contributed by atoms with E-state index in [1.54, 1.807) is 6.21 Å². The van der Waals surface area contributed by atoms with Gasteiger partial charge >= 0.3 is 7.12 Å². The summed E-state index contributed by atoms with van der Waals surface area (Å²) in [5.74, 6) is 0. The van der Waals surface area contributed by atoms with Gasteiger partial charge in [0, 0.05) is 10.8 Å². The molecule has 0 saturated heterocycles. The average Bonchev–Trinajstić information content (AvgIpc) is 2.62. The smallest absolute Gasteiger partial charge is 0.483 e. The fourth-order valence-electron chi connectivity index (χ4n) is 2.55. The highest BCUT2D eigenvalue weighted by Crippen LogP contribution is 2.25. The van der Waals surface area contributed by atoms with Crippen molar-refractivity contribution in [3.8, 4) is 11.1 Å². The van der Waals surface area contributed by atoms with E-state index in [0.717, 1.165) is 27.6 Å². The summed E-state index contributed by atoms with van der Waals surface area (Å²) in [5, 5.41) is 29.3. The van der Waals surface area contributed by atoms with E-state index in [9.17, 15) is 5.02 Å². The molecule has 3 aromatic rings. The molecule has 0 radical (unpaired) electrons. The third-order valence-corrected chi connectivity index (χ3v) is 3.71. The highest BCUT2D eigenvalue weighted by molar-refractivity contribution is 6.62. The summed E-state index contributed by atoms with van der Waals surface area (Å²) < 4.78 is 4.87. The second-order valence-corrected chi connectivity index (χ2v) is 5.17. The Morgan fingerprint density at radius 1 is 1.16 bits per heavy atom. The number of oxime groups is 1. The number of carbonyl (C=O) groups is 1. The van der Waals surface area contributed by atoms with Gasteiger partial charge in [0.05, 0.1) is 23.6 Å². The normalized spacial score (nSPS) is 12.0. The molecule has 4 rings (SSSR count). The Kier molecular flexibility index (Phi) is 4.58. The molecule has 8 nitrogen and oxygen atoms in total. The summed E-state index contributed by atoms with van der Waals surface area (Å²) in [6.45, 7) is -0.250. The van der Waals surface area contributed by atoms with E-state index in [1.165, 1.54) is 6.20 Å². The zero-order valence-corrected chi connectivity index (χ0v) is 12.9. The van der Waals surface area contributed by atoms with Gasteiger partial charge in [-0.3, -0.25) is 4.79 Å². The van der Waals surface area contributed by atoms with Crippen LogP contribution in [0.4, 0.5) is 5.69 Å². The number of fused-ring (bicyclic) bond motifs is 2. The Morgan fingerprint density at radius 3 is 2.68 bits per heavy atom. The molecule has 124 valence electrons. The fraction of sp³-hybridized carbons (Fsp3) is 0. The quantitative estimate of drug-likeness (QED) is 0.439. The monoisotopic (exact) mass is 336 g/mol. The molecule has 1 aliphatic heterocycles. The molecule has 2 aromatic carbocycles. The highest BCUT2D eigenvalue weighted by Gasteiger charge is 2.25. The summed E-state index contributed by atoms with van der Waals surface area (Å²) >= 11 is 0. The number of anilines is 1. The molecule has 0 fully saturated rings. The van der Waals surface area contributed by atoms with Gasteiger partial charge in [-0.1, -0.05) is 24.3 Å². The summed E-state index contributed by atoms with van der Waals surface area (Å²) in [4.78, 5) is 8.36. The van der Waals surface area contributed by atoms with E-state index >= 15 is 0 Å². The first-order chi connectivity index (χ1) is 12.1. The van der Waals surface area contributed by atoms with Crippen molar-refractivity contribution in [2.24, 2.45) is 5.16 Å². The number of benzene rings is 2. The summed E-state index contributed by atoms with van der Waals surface area (Å²) in [6.07, 6.45) is 3.12. The van der Waals surface area contributed by atoms with Crippen molar-refractivity contribution in [3.63, 3.8) is 0 Å². The Morgan fingerprint density at radius 2 is 1.88 bits per heavy atom. The first-order valence-electron chi connectivity index (χ1n) is 7.24. The lowest BCUT2D eigenvalue weighted by Crippen LogP contribution is -2.37. The van der Waals surface area contributed by atoms with Gasteiger partial charge in [-0.2, -0.15) is 10.2 Å². The number of nitrogens with zero attached hydrogens (tertiary/aromatic N) is 3. The molecule has 9 heteroatoms. The van der Waals surface area contributed by atoms with Gasteiger partial charge in [0.1, 0.15) is 0 Å². The average molecular weight is 336 g/mol. The van der Waals surface area contributed by atoms with Gasteiger partial charge in [0.2, 0.25) is 0 Å². The van der Waals surface area contributed by atoms with E-state index in [4.69, 9.17) is 20.4 Å². The minimum Gasteiger partial charge on any atom is -0.483 e. The third kappa shape index (κ3) is 3.26. The summed E-state index contributed by atoms with van der Waals surface area (Å²) in [6, 6.07) is 11.5. The zero-order valence-electron chi connectivity index (χ0n) is 12.9. The molecule has 25 heavy (non-hydrogen) atoms. The number of carboxylic acid groups (broad SMARTS) is 1. The Bertz CT molecular complexity index is 964. The molecule has 0 aliphatic carbocycles. The van der Waals surface area contributed by atoms with Crippen LogP contribution in [0.1, 0.15) is 5.56 Å². The second-order valence-electron chi connectivity index (χ2n) is 5.17. The van der Waals surface area contributed by atoms with Gasteiger partial charge in [-0.05, 0) is 28.8 Å². The van der Waals surface area contributed by atoms with E-state index in [-0.39, 0.29) is 6.47 Å². The summed E-state index contributed by atoms with van der Waals surface area (Å²) in [5.41, 5.74) is 10.7. The van der Waals surface area contributed by atoms with Crippen LogP contribution in [0.2, 0.25) is 0 Å². The van der Waals surface area contributed by atoms with Crippen LogP contribution >= 0.6 is 0 Å². The zero-order chi connectivity index (χ0) is 17.8. The topological polar surface area (TPSA) is 131 Å². The maximum atomic E-state index is 9.87. The van der Waals surface area contributed by atoms with Crippen molar-refractivity contribution in [1.82, 2.24) is 10.2 Å². The number of nitrogens with two attached hydrogens (primary N) is 1. The Hall–Kier alpha value is -3.46. The van der Waals surface area contributed by atoms with Crippen LogP contribution in [0, 0.1) is 0 Å². The molecule has 0 amide bonds. The van der Waals surface area contributed by atoms with Crippen LogP contribution in [-0.4, -0.2) is 40.1 Å². The van der Waals surface area contributed by atoms with E-state index < -0.39 is 7.12 Å². The standard InChI is InChI=1S/C15H11BN4O2.CH2O2/c17-14-8-18-20-15-6-10(3-4-12(14)15)9-1-2-11-7-19-22-16(21)13(11)5-9;2-1-3/h1-8,21H,(H2,17,20);1H,(H,2,3). The lowest BCUT2D eigenvalue weighted by molar-refractivity contribution is -0.122. The minimum absolute atomic E-state index is 0.250. The molecule has 1 aliphatic rings. The third-order valence-electron chi connectivity index (χ3n) is 3.71. The van der Waals surface area contributed by atoms with Gasteiger partial charge in [-0.25, -0.2) is 0 Å². The van der Waals surface area contributed by atoms with Crippen molar-refractivity contribution < 1.29 is 19.7 Å². The van der Waals surface area contributed by atoms with E-state index in [0.29, 0.717) is 11.2 Å². The highest BCUT2D eigenvalue weighted by atomic mass is 16.6. The molecular weight excluding hydrogens is 323 g/mol. The number of nitrogen functional groups attached to an aromatic ring is 1. The predicted molar refractivity (Wildman–Crippen MR) is 94.4 cm³/mol. The van der Waals surface area contributed by atoms with Crippen molar-refractivity contribution >= 4 is 41.9 Å². The molecule has 0 atom stereocenters. The number of rotatable bonds is 1. The van der Waals surface area contributed by atoms with Crippen LogP contribution in [0.25, 0.3) is 22.0 Å². The Balaban J connectivity index is 0.000000569. The van der Waals surface area contributed by atoms with Crippen LogP contribution in [-0.2, 0) is 9.55 Å². The van der Waals surface area contributed by atoms with E-state index in [2.05, 4.69) is 15.4 Å². The van der Waals surface area contributed by atoms with Crippen LogP contribution in [0.15, 0.2) is 47.8 Å². The summed E-state index contributed by atoms with van der Waals surface area (Å²) in [7, 11) is -1.05. The molecule has 0 unspecified atom stereocenters. The molecule has 0 bridgehead atoms. The van der Waals surface area contributed by atoms with Gasteiger partial charge in [0.15, 0.2) is 0 Å². The van der Waals surface area contributed by atoms with Crippen LogP contribution in [0.5, 0.6) is 0 Å². The van der Waals surface area contributed by atoms with Crippen LogP contribution in [0.3, 0.4) is 0 Å². The predicted octanol–water partition coefficient (Wildman–Crippen LogP) is 0.631. The lowest BCUT2D eigenvalue weighted by Gasteiger charge is -2.14. The van der Waals surface area contributed by atoms with E-state index in [1.807, 2.05) is 36.4 Å². The second kappa shape index (κ2) is 6.97. The molecule has 4 N–H and O–H groups in total. The minimum atomic E-state index is -1.05. The molecule has 0 spiro atoms. The molecule has 1 aromatic heterocycles. The number of hydrogen-bond donors (Lipinski definition) is 3. The molecule has 0 saturated carbocycles. The fourth-order valence-corrected chi connectivity index (χ4v) is 2.55. The van der Waals surface area contributed by atoms with Crippen molar-refractivity contribution in [2.75, 3.05) is 5.73 Å². The van der Waals surface area contributed by atoms with Crippen molar-refractivity contribution in [2.45, 2.75) is 0 Å². The van der Waals surface area contributed by atoms with Crippen molar-refractivity contribution in [3.05, 3.63) is 48.2 Å². The lowest BCUT2D eigenvalue weighted by atomic mass is 9.75. The van der Waals surface area contributed by atoms with Crippen molar-refractivity contribution in [1.29, 1.82) is 0 Å². The maximum absolute atomic E-state index is 9.87. The number of hydrogen-bond acceptors (Lipinski definition) is 7. The van der Waals surface area contributed by atoms with Gasteiger partial charge < -0.3 is 20.6 Å². The molecular formula is C16H13BN4O4. The SMILES string of the molecule is Nc1cnnc2cc(-c3ccc4c(c3)B(O)ON=C4)ccc12.O=CO. The van der Waals surface area contributed by atoms with Crippen LogP contribution < -0.4 is 11.2 Å². The first kappa shape index (κ1) is 16.4. The van der Waals surface area contributed by atoms with Gasteiger partial charge in [0.25, 0.3) is 6.47 Å². The maximum Gasteiger partial charge on any atom is 0.583 e.